The molecular weight excluding hydrogens is 431 g/mol. The zero-order valence-corrected chi connectivity index (χ0v) is 18.1. The van der Waals surface area contributed by atoms with Gasteiger partial charge in [-0.25, -0.2) is 10.1 Å². The average Bonchev–Trinajstić information content (AvgIpc) is 3.22. The van der Waals surface area contributed by atoms with Gasteiger partial charge in [-0.3, -0.25) is 4.79 Å². The van der Waals surface area contributed by atoms with Gasteiger partial charge in [0.05, 0.1) is 22.6 Å². The third-order valence-corrected chi connectivity index (χ3v) is 5.18. The lowest BCUT2D eigenvalue weighted by Gasteiger charge is -2.07. The van der Waals surface area contributed by atoms with Gasteiger partial charge in [0.15, 0.2) is 5.69 Å². The van der Waals surface area contributed by atoms with Crippen LogP contribution in [0.1, 0.15) is 21.6 Å². The number of amides is 1. The van der Waals surface area contributed by atoms with Crippen molar-refractivity contribution < 1.29 is 4.79 Å². The number of carbonyl (C=O) groups excluding carboxylic acids is 1. The van der Waals surface area contributed by atoms with Crippen molar-refractivity contribution in [3.05, 3.63) is 106 Å². The van der Waals surface area contributed by atoms with E-state index in [1.54, 1.807) is 28.9 Å². The molecule has 5 nitrogen and oxygen atoms in total. The van der Waals surface area contributed by atoms with E-state index < -0.39 is 5.91 Å². The number of carbonyl (C=O) groups is 1. The second kappa shape index (κ2) is 9.16. The van der Waals surface area contributed by atoms with Gasteiger partial charge in [-0.15, -0.1) is 0 Å². The van der Waals surface area contributed by atoms with Gasteiger partial charge in [0.25, 0.3) is 5.91 Å². The second-order valence-electron chi connectivity index (χ2n) is 6.89. The predicted molar refractivity (Wildman–Crippen MR) is 125 cm³/mol. The van der Waals surface area contributed by atoms with Crippen LogP contribution < -0.4 is 5.43 Å². The molecule has 0 bridgehead atoms. The number of rotatable bonds is 5. The normalized spacial score (nSPS) is 11.1. The van der Waals surface area contributed by atoms with E-state index in [-0.39, 0.29) is 5.69 Å². The Bertz CT molecular complexity index is 1250. The standard InChI is InChI=1S/C24H18Cl2N4O/c1-16-7-9-17(10-8-16)23-14-22(29-30(23)20-5-3-2-4-6-20)24(31)28-27-15-18-11-12-19(25)13-21(18)26/h2-15H,1H3,(H,28,31)/b27-15-. The summed E-state index contributed by atoms with van der Waals surface area (Å²) in [5.41, 5.74) is 7.17. The maximum atomic E-state index is 12.7. The molecule has 1 aromatic heterocycles. The van der Waals surface area contributed by atoms with Crippen LogP contribution in [0.4, 0.5) is 0 Å². The molecule has 0 aliphatic heterocycles. The fourth-order valence-corrected chi connectivity index (χ4v) is 3.47. The van der Waals surface area contributed by atoms with Gasteiger partial charge in [-0.2, -0.15) is 10.2 Å². The number of para-hydroxylation sites is 1. The smallest absolute Gasteiger partial charge is 0.265 e. The van der Waals surface area contributed by atoms with E-state index >= 15 is 0 Å². The summed E-state index contributed by atoms with van der Waals surface area (Å²) < 4.78 is 1.75. The summed E-state index contributed by atoms with van der Waals surface area (Å²) in [7, 11) is 0. The van der Waals surface area contributed by atoms with Crippen LogP contribution in [0.3, 0.4) is 0 Å². The zero-order chi connectivity index (χ0) is 21.8. The van der Waals surface area contributed by atoms with E-state index in [1.807, 2.05) is 61.5 Å². The first kappa shape index (κ1) is 20.8. The summed E-state index contributed by atoms with van der Waals surface area (Å²) in [5, 5.41) is 9.50. The molecule has 1 amide bonds. The van der Waals surface area contributed by atoms with E-state index in [1.165, 1.54) is 6.21 Å². The highest BCUT2D eigenvalue weighted by molar-refractivity contribution is 6.36. The maximum absolute atomic E-state index is 12.7. The molecule has 154 valence electrons. The fraction of sp³-hybridized carbons (Fsp3) is 0.0417. The number of nitrogens with zero attached hydrogens (tertiary/aromatic N) is 3. The molecule has 3 aromatic carbocycles. The summed E-state index contributed by atoms with van der Waals surface area (Å²) in [6.45, 7) is 2.03. The summed E-state index contributed by atoms with van der Waals surface area (Å²) in [6.07, 6.45) is 1.46. The van der Waals surface area contributed by atoms with Gasteiger partial charge in [0.2, 0.25) is 0 Å². The van der Waals surface area contributed by atoms with E-state index in [9.17, 15) is 4.79 Å². The van der Waals surface area contributed by atoms with Crippen molar-refractivity contribution >= 4 is 35.3 Å². The van der Waals surface area contributed by atoms with Gasteiger partial charge in [-0.05, 0) is 37.3 Å². The molecule has 0 atom stereocenters. The Balaban J connectivity index is 1.63. The Labute approximate surface area is 189 Å². The molecule has 0 saturated heterocycles. The molecule has 1 N–H and O–H groups in total. The van der Waals surface area contributed by atoms with Crippen molar-refractivity contribution in [3.63, 3.8) is 0 Å². The quantitative estimate of drug-likeness (QED) is 0.304. The topological polar surface area (TPSA) is 59.3 Å². The number of halogens is 2. The maximum Gasteiger partial charge on any atom is 0.291 e. The van der Waals surface area contributed by atoms with Gasteiger partial charge in [0.1, 0.15) is 0 Å². The SMILES string of the molecule is Cc1ccc(-c2cc(C(=O)N/N=C\c3ccc(Cl)cc3Cl)nn2-c2ccccc2)cc1. The van der Waals surface area contributed by atoms with Gasteiger partial charge in [-0.1, -0.05) is 77.3 Å². The Morgan fingerprint density at radius 2 is 1.74 bits per heavy atom. The fourth-order valence-electron chi connectivity index (χ4n) is 3.01. The van der Waals surface area contributed by atoms with E-state index in [0.29, 0.717) is 15.6 Å². The van der Waals surface area contributed by atoms with Crippen LogP contribution in [0.5, 0.6) is 0 Å². The van der Waals surface area contributed by atoms with Crippen molar-refractivity contribution in [1.29, 1.82) is 0 Å². The first-order chi connectivity index (χ1) is 15.0. The lowest BCUT2D eigenvalue weighted by molar-refractivity contribution is 0.0949. The summed E-state index contributed by atoms with van der Waals surface area (Å²) in [6, 6.07) is 24.5. The minimum Gasteiger partial charge on any atom is -0.265 e. The molecule has 0 aliphatic carbocycles. The van der Waals surface area contributed by atoms with Crippen LogP contribution in [-0.2, 0) is 0 Å². The molecule has 1 heterocycles. The third kappa shape index (κ3) is 4.85. The second-order valence-corrected chi connectivity index (χ2v) is 7.74. The van der Waals surface area contributed by atoms with Crippen LogP contribution in [0.2, 0.25) is 10.0 Å². The third-order valence-electron chi connectivity index (χ3n) is 4.62. The highest BCUT2D eigenvalue weighted by Gasteiger charge is 2.16. The first-order valence-electron chi connectivity index (χ1n) is 9.52. The molecule has 31 heavy (non-hydrogen) atoms. The highest BCUT2D eigenvalue weighted by Crippen LogP contribution is 2.24. The van der Waals surface area contributed by atoms with Crippen molar-refractivity contribution in [2.75, 3.05) is 0 Å². The Hall–Kier alpha value is -3.41. The van der Waals surface area contributed by atoms with Gasteiger partial charge in [0, 0.05) is 16.1 Å². The molecule has 4 rings (SSSR count). The van der Waals surface area contributed by atoms with Crippen LogP contribution in [0.25, 0.3) is 16.9 Å². The van der Waals surface area contributed by atoms with Crippen LogP contribution >= 0.6 is 23.2 Å². The first-order valence-corrected chi connectivity index (χ1v) is 10.3. The molecular formula is C24H18Cl2N4O. The molecule has 7 heteroatoms. The molecule has 0 aliphatic rings. The van der Waals surface area contributed by atoms with Crippen LogP contribution in [-0.4, -0.2) is 21.9 Å². The van der Waals surface area contributed by atoms with Crippen LogP contribution in [0.15, 0.2) is 84.0 Å². The minimum absolute atomic E-state index is 0.249. The number of nitrogens with one attached hydrogen (secondary N) is 1. The molecule has 0 spiro atoms. The number of hydrogen-bond acceptors (Lipinski definition) is 3. The molecule has 0 unspecified atom stereocenters. The number of hydrazone groups is 1. The average molecular weight is 449 g/mol. The predicted octanol–water partition coefficient (Wildman–Crippen LogP) is 5.92. The van der Waals surface area contributed by atoms with E-state index in [0.717, 1.165) is 22.5 Å². The zero-order valence-electron chi connectivity index (χ0n) is 16.6. The largest absolute Gasteiger partial charge is 0.291 e. The minimum atomic E-state index is -0.427. The number of aryl methyl sites for hydroxylation is 1. The summed E-state index contributed by atoms with van der Waals surface area (Å²) >= 11 is 12.0. The number of hydrogen-bond donors (Lipinski definition) is 1. The molecule has 0 radical (unpaired) electrons. The van der Waals surface area contributed by atoms with Gasteiger partial charge < -0.3 is 0 Å². The van der Waals surface area contributed by atoms with E-state index in [2.05, 4.69) is 15.6 Å². The molecule has 4 aromatic rings. The van der Waals surface area contributed by atoms with Crippen molar-refractivity contribution in [2.45, 2.75) is 6.92 Å². The lowest BCUT2D eigenvalue weighted by atomic mass is 10.1. The summed E-state index contributed by atoms with van der Waals surface area (Å²) in [5.74, 6) is -0.427. The van der Waals surface area contributed by atoms with E-state index in [4.69, 9.17) is 23.2 Å². The number of aromatic nitrogens is 2. The van der Waals surface area contributed by atoms with Crippen molar-refractivity contribution in [2.24, 2.45) is 5.10 Å². The molecule has 0 saturated carbocycles. The molecule has 0 fully saturated rings. The highest BCUT2D eigenvalue weighted by atomic mass is 35.5. The summed E-state index contributed by atoms with van der Waals surface area (Å²) in [4.78, 5) is 12.7. The van der Waals surface area contributed by atoms with Crippen LogP contribution in [0, 0.1) is 6.92 Å². The van der Waals surface area contributed by atoms with Crippen molar-refractivity contribution in [1.82, 2.24) is 15.2 Å². The lowest BCUT2D eigenvalue weighted by Crippen LogP contribution is -2.18. The Morgan fingerprint density at radius 3 is 2.45 bits per heavy atom. The van der Waals surface area contributed by atoms with Gasteiger partial charge >= 0.3 is 0 Å². The Kier molecular flexibility index (Phi) is 6.16. The monoisotopic (exact) mass is 448 g/mol. The van der Waals surface area contributed by atoms with Crippen molar-refractivity contribution in [3.8, 4) is 16.9 Å². The number of benzene rings is 3. The Morgan fingerprint density at radius 1 is 1.00 bits per heavy atom.